The SMILES string of the molecule is O=C(O)c1c2c(nc3ccccc13)/C(=C\c1ccc(O)cc1)CC2. The number of carboxylic acids is 1. The fourth-order valence-electron chi connectivity index (χ4n) is 3.30. The van der Waals surface area contributed by atoms with E-state index in [1.807, 2.05) is 42.5 Å². The van der Waals surface area contributed by atoms with Crippen molar-refractivity contribution >= 4 is 28.5 Å². The first-order valence-electron chi connectivity index (χ1n) is 7.78. The summed E-state index contributed by atoms with van der Waals surface area (Å²) >= 11 is 0. The molecule has 1 aliphatic carbocycles. The van der Waals surface area contributed by atoms with Crippen molar-refractivity contribution < 1.29 is 15.0 Å². The number of aromatic hydroxyl groups is 1. The summed E-state index contributed by atoms with van der Waals surface area (Å²) in [4.78, 5) is 16.5. The van der Waals surface area contributed by atoms with E-state index in [9.17, 15) is 15.0 Å². The average molecular weight is 317 g/mol. The Morgan fingerprint density at radius 3 is 2.54 bits per heavy atom. The van der Waals surface area contributed by atoms with Gasteiger partial charge in [0.25, 0.3) is 0 Å². The molecule has 1 heterocycles. The van der Waals surface area contributed by atoms with Crippen molar-refractivity contribution in [3.05, 3.63) is 70.9 Å². The lowest BCUT2D eigenvalue weighted by atomic mass is 10.0. The van der Waals surface area contributed by atoms with E-state index in [0.717, 1.165) is 28.8 Å². The third-order valence-corrected chi connectivity index (χ3v) is 4.39. The summed E-state index contributed by atoms with van der Waals surface area (Å²) in [5.41, 5.74) is 4.65. The zero-order valence-electron chi connectivity index (χ0n) is 12.9. The third-order valence-electron chi connectivity index (χ3n) is 4.39. The van der Waals surface area contributed by atoms with Crippen LogP contribution < -0.4 is 0 Å². The van der Waals surface area contributed by atoms with Gasteiger partial charge in [-0.25, -0.2) is 9.78 Å². The summed E-state index contributed by atoms with van der Waals surface area (Å²) in [6.45, 7) is 0. The molecule has 0 saturated carbocycles. The van der Waals surface area contributed by atoms with Crippen molar-refractivity contribution in [3.8, 4) is 5.75 Å². The van der Waals surface area contributed by atoms with Crippen LogP contribution in [0.25, 0.3) is 22.6 Å². The van der Waals surface area contributed by atoms with Crippen LogP contribution in [0.4, 0.5) is 0 Å². The van der Waals surface area contributed by atoms with Gasteiger partial charge in [-0.2, -0.15) is 0 Å². The van der Waals surface area contributed by atoms with E-state index < -0.39 is 5.97 Å². The Kier molecular flexibility index (Phi) is 3.31. The molecule has 118 valence electrons. The quantitative estimate of drug-likeness (QED) is 0.745. The molecule has 4 nitrogen and oxygen atoms in total. The van der Waals surface area contributed by atoms with Gasteiger partial charge in [0, 0.05) is 5.39 Å². The predicted octanol–water partition coefficient (Wildman–Crippen LogP) is 4.13. The minimum atomic E-state index is -0.907. The number of hydrogen-bond acceptors (Lipinski definition) is 3. The van der Waals surface area contributed by atoms with Gasteiger partial charge in [0.2, 0.25) is 0 Å². The zero-order chi connectivity index (χ0) is 16.7. The molecule has 0 bridgehead atoms. The van der Waals surface area contributed by atoms with Crippen molar-refractivity contribution in [3.63, 3.8) is 0 Å². The second-order valence-electron chi connectivity index (χ2n) is 5.90. The number of para-hydroxylation sites is 1. The summed E-state index contributed by atoms with van der Waals surface area (Å²) in [5, 5.41) is 19.8. The highest BCUT2D eigenvalue weighted by Crippen LogP contribution is 2.37. The largest absolute Gasteiger partial charge is 0.508 e. The van der Waals surface area contributed by atoms with Gasteiger partial charge in [-0.15, -0.1) is 0 Å². The van der Waals surface area contributed by atoms with Gasteiger partial charge in [-0.1, -0.05) is 30.3 Å². The number of benzene rings is 2. The zero-order valence-corrected chi connectivity index (χ0v) is 12.9. The molecule has 0 atom stereocenters. The number of pyridine rings is 1. The van der Waals surface area contributed by atoms with Crippen molar-refractivity contribution in [1.82, 2.24) is 4.98 Å². The van der Waals surface area contributed by atoms with Crippen LogP contribution in [0, 0.1) is 0 Å². The lowest BCUT2D eigenvalue weighted by Crippen LogP contribution is -2.05. The summed E-state index contributed by atoms with van der Waals surface area (Å²) in [7, 11) is 0. The fraction of sp³-hybridized carbons (Fsp3) is 0.100. The van der Waals surface area contributed by atoms with Gasteiger partial charge in [0.05, 0.1) is 16.8 Å². The molecule has 2 aromatic carbocycles. The molecule has 1 aromatic heterocycles. The second kappa shape index (κ2) is 5.49. The highest BCUT2D eigenvalue weighted by Gasteiger charge is 2.26. The summed E-state index contributed by atoms with van der Waals surface area (Å²) in [6, 6.07) is 14.3. The van der Waals surface area contributed by atoms with Crippen LogP contribution >= 0.6 is 0 Å². The maximum absolute atomic E-state index is 11.8. The summed E-state index contributed by atoms with van der Waals surface area (Å²) < 4.78 is 0. The Balaban J connectivity index is 1.92. The van der Waals surface area contributed by atoms with Crippen molar-refractivity contribution in [1.29, 1.82) is 0 Å². The molecule has 3 aromatic rings. The smallest absolute Gasteiger partial charge is 0.336 e. The van der Waals surface area contributed by atoms with Gasteiger partial charge in [-0.05, 0) is 53.8 Å². The molecule has 0 aliphatic heterocycles. The summed E-state index contributed by atoms with van der Waals surface area (Å²) in [6.07, 6.45) is 3.46. The second-order valence-corrected chi connectivity index (χ2v) is 5.90. The van der Waals surface area contributed by atoms with Gasteiger partial charge >= 0.3 is 5.97 Å². The highest BCUT2D eigenvalue weighted by molar-refractivity contribution is 6.06. The molecular weight excluding hydrogens is 302 g/mol. The molecule has 4 rings (SSSR count). The lowest BCUT2D eigenvalue weighted by Gasteiger charge is -2.09. The summed E-state index contributed by atoms with van der Waals surface area (Å²) in [5.74, 6) is -0.683. The lowest BCUT2D eigenvalue weighted by molar-refractivity contribution is 0.0698. The van der Waals surface area contributed by atoms with E-state index in [1.165, 1.54) is 0 Å². The molecule has 2 N–H and O–H groups in total. The Hall–Kier alpha value is -3.14. The van der Waals surface area contributed by atoms with Crippen LogP contribution in [0.1, 0.15) is 33.6 Å². The number of fused-ring (bicyclic) bond motifs is 2. The van der Waals surface area contributed by atoms with Crippen LogP contribution in [0.2, 0.25) is 0 Å². The average Bonchev–Trinajstić information content (AvgIpc) is 2.97. The third kappa shape index (κ3) is 2.33. The first kappa shape index (κ1) is 14.5. The molecule has 24 heavy (non-hydrogen) atoms. The van der Waals surface area contributed by atoms with E-state index in [4.69, 9.17) is 4.98 Å². The van der Waals surface area contributed by atoms with Gasteiger partial charge in [0.1, 0.15) is 5.75 Å². The van der Waals surface area contributed by atoms with Gasteiger partial charge in [-0.3, -0.25) is 0 Å². The van der Waals surface area contributed by atoms with Crippen molar-refractivity contribution in [2.75, 3.05) is 0 Å². The number of phenolic OH excluding ortho intramolecular Hbond substituents is 1. The normalized spacial score (nSPS) is 14.9. The Bertz CT molecular complexity index is 988. The van der Waals surface area contributed by atoms with Crippen molar-refractivity contribution in [2.45, 2.75) is 12.8 Å². The van der Waals surface area contributed by atoms with Gasteiger partial charge in [0.15, 0.2) is 0 Å². The number of rotatable bonds is 2. The number of allylic oxidation sites excluding steroid dienone is 1. The molecule has 0 amide bonds. The van der Waals surface area contributed by atoms with E-state index >= 15 is 0 Å². The molecule has 0 unspecified atom stereocenters. The van der Waals surface area contributed by atoms with E-state index in [-0.39, 0.29) is 5.75 Å². The molecule has 0 radical (unpaired) electrons. The number of phenols is 1. The maximum Gasteiger partial charge on any atom is 0.336 e. The van der Waals surface area contributed by atoms with Crippen LogP contribution in [0.3, 0.4) is 0 Å². The van der Waals surface area contributed by atoms with E-state index in [1.54, 1.807) is 12.1 Å². The van der Waals surface area contributed by atoms with Crippen molar-refractivity contribution in [2.24, 2.45) is 0 Å². The Morgan fingerprint density at radius 2 is 1.79 bits per heavy atom. The van der Waals surface area contributed by atoms with E-state index in [0.29, 0.717) is 22.9 Å². The Labute approximate surface area is 138 Å². The molecule has 0 spiro atoms. The number of carbonyl (C=O) groups is 1. The first-order valence-corrected chi connectivity index (χ1v) is 7.78. The van der Waals surface area contributed by atoms with Crippen LogP contribution in [0.15, 0.2) is 48.5 Å². The molecule has 0 fully saturated rings. The number of carboxylic acid groups (broad SMARTS) is 1. The number of aromatic carboxylic acids is 1. The fourth-order valence-corrected chi connectivity index (χ4v) is 3.30. The van der Waals surface area contributed by atoms with E-state index in [2.05, 4.69) is 0 Å². The topological polar surface area (TPSA) is 70.4 Å². The number of aromatic nitrogens is 1. The molecule has 4 heteroatoms. The maximum atomic E-state index is 11.8. The Morgan fingerprint density at radius 1 is 1.04 bits per heavy atom. The minimum absolute atomic E-state index is 0.223. The molecule has 1 aliphatic rings. The molecular formula is C20H15NO3. The standard InChI is InChI=1S/C20H15NO3/c22-14-8-5-12(6-9-14)11-13-7-10-16-18(20(23)24)15-3-1-2-4-17(15)21-19(13)16/h1-6,8-9,11,22H,7,10H2,(H,23,24)/b13-11-. The number of hydrogen-bond donors (Lipinski definition) is 2. The monoisotopic (exact) mass is 317 g/mol. The van der Waals surface area contributed by atoms with Crippen LogP contribution in [0.5, 0.6) is 5.75 Å². The predicted molar refractivity (Wildman–Crippen MR) is 93.0 cm³/mol. The number of nitrogens with zero attached hydrogens (tertiary/aromatic N) is 1. The van der Waals surface area contributed by atoms with Crippen LogP contribution in [-0.2, 0) is 6.42 Å². The minimum Gasteiger partial charge on any atom is -0.508 e. The highest BCUT2D eigenvalue weighted by atomic mass is 16.4. The van der Waals surface area contributed by atoms with Crippen LogP contribution in [-0.4, -0.2) is 21.2 Å². The van der Waals surface area contributed by atoms with Gasteiger partial charge < -0.3 is 10.2 Å². The first-order chi connectivity index (χ1) is 11.6. The molecule has 0 saturated heterocycles.